The average Bonchev–Trinajstić information content (AvgIpc) is 2.61. The Morgan fingerprint density at radius 1 is 1.09 bits per heavy atom. The first-order chi connectivity index (χ1) is 11.2. The molecule has 2 aromatic rings. The van der Waals surface area contributed by atoms with Gasteiger partial charge in [-0.25, -0.2) is 0 Å². The second kappa shape index (κ2) is 6.55. The fourth-order valence-electron chi connectivity index (χ4n) is 3.39. The maximum atomic E-state index is 12.5. The van der Waals surface area contributed by atoms with Crippen molar-refractivity contribution in [3.8, 4) is 0 Å². The van der Waals surface area contributed by atoms with Gasteiger partial charge in [0.25, 0.3) is 0 Å². The zero-order chi connectivity index (χ0) is 16.3. The molecule has 0 radical (unpaired) electrons. The molecule has 0 saturated carbocycles. The Morgan fingerprint density at radius 3 is 2.26 bits per heavy atom. The summed E-state index contributed by atoms with van der Waals surface area (Å²) in [7, 11) is 0. The van der Waals surface area contributed by atoms with Gasteiger partial charge in [0.05, 0.1) is 6.10 Å². The number of carbonyl (C=O) groups excluding carboxylic acids is 1. The number of aliphatic hydroxyl groups excluding tert-OH is 1. The first-order valence-electron chi connectivity index (χ1n) is 8.19. The molecule has 1 aliphatic rings. The lowest BCUT2D eigenvalue weighted by atomic mass is 9.65. The summed E-state index contributed by atoms with van der Waals surface area (Å²) in [5.41, 5.74) is 0.818. The van der Waals surface area contributed by atoms with Crippen molar-refractivity contribution in [3.05, 3.63) is 71.8 Å². The number of carbonyl (C=O) groups is 1. The zero-order valence-electron chi connectivity index (χ0n) is 13.3. The Kier molecular flexibility index (Phi) is 4.49. The van der Waals surface area contributed by atoms with Gasteiger partial charge >= 0.3 is 5.97 Å². The van der Waals surface area contributed by atoms with Gasteiger partial charge in [0.15, 0.2) is 0 Å². The van der Waals surface area contributed by atoms with Crippen LogP contribution in [0.15, 0.2) is 60.7 Å². The highest BCUT2D eigenvalue weighted by atomic mass is 16.6. The summed E-state index contributed by atoms with van der Waals surface area (Å²) >= 11 is 0. The van der Waals surface area contributed by atoms with Crippen molar-refractivity contribution >= 4 is 5.97 Å². The number of benzene rings is 2. The van der Waals surface area contributed by atoms with Crippen LogP contribution in [0, 0.1) is 5.41 Å². The molecule has 1 heterocycles. The average molecular weight is 310 g/mol. The van der Waals surface area contributed by atoms with Crippen LogP contribution in [0.4, 0.5) is 0 Å². The van der Waals surface area contributed by atoms with Crippen molar-refractivity contribution in [2.24, 2.45) is 5.41 Å². The quantitative estimate of drug-likeness (QED) is 0.814. The molecular formula is C20H22O3. The lowest BCUT2D eigenvalue weighted by Gasteiger charge is -2.50. The molecule has 1 aliphatic heterocycles. The summed E-state index contributed by atoms with van der Waals surface area (Å²) in [6, 6.07) is 19.1. The summed E-state index contributed by atoms with van der Waals surface area (Å²) in [5.74, 6) is -0.295. The van der Waals surface area contributed by atoms with Crippen molar-refractivity contribution in [3.63, 3.8) is 0 Å². The molecular weight excluding hydrogens is 288 g/mol. The number of aliphatic hydroxyl groups is 1. The summed E-state index contributed by atoms with van der Waals surface area (Å²) in [4.78, 5) is 12.5. The number of unbranched alkanes of at least 4 members (excludes halogenated alkanes) is 1. The van der Waals surface area contributed by atoms with Gasteiger partial charge in [-0.05, 0) is 17.5 Å². The molecule has 1 unspecified atom stereocenters. The molecule has 3 heteroatoms. The van der Waals surface area contributed by atoms with E-state index in [0.29, 0.717) is 6.42 Å². The number of hydrogen-bond donors (Lipinski definition) is 1. The van der Waals surface area contributed by atoms with E-state index in [9.17, 15) is 9.90 Å². The fraction of sp³-hybridized carbons (Fsp3) is 0.350. The topological polar surface area (TPSA) is 46.5 Å². The van der Waals surface area contributed by atoms with Crippen molar-refractivity contribution in [2.75, 3.05) is 0 Å². The number of esters is 1. The highest BCUT2D eigenvalue weighted by Crippen LogP contribution is 2.57. The smallest absolute Gasteiger partial charge is 0.319 e. The normalized spacial score (nSPS) is 24.6. The van der Waals surface area contributed by atoms with E-state index in [4.69, 9.17) is 4.74 Å². The molecule has 0 aromatic heterocycles. The van der Waals surface area contributed by atoms with Crippen molar-refractivity contribution in [1.82, 2.24) is 0 Å². The maximum absolute atomic E-state index is 12.5. The Bertz CT molecular complexity index is 610. The number of cyclic esters (lactones) is 1. The van der Waals surface area contributed by atoms with Gasteiger partial charge in [0.2, 0.25) is 0 Å². The molecule has 1 saturated heterocycles. The fourth-order valence-corrected chi connectivity index (χ4v) is 3.39. The number of hydrogen-bond acceptors (Lipinski definition) is 3. The third kappa shape index (κ3) is 2.66. The van der Waals surface area contributed by atoms with Crippen LogP contribution >= 0.6 is 0 Å². The standard InChI is InChI=1S/C20H22O3/c1-2-3-14-20(17(21)15-10-6-4-7-11-15)18(23-19(20)22)16-12-8-5-9-13-16/h4-13,17-18,21H,2-3,14H2,1H3/t17?,18-,20-/m1/s1. The second-order valence-corrected chi connectivity index (χ2v) is 6.15. The minimum absolute atomic E-state index is 0.295. The van der Waals surface area contributed by atoms with E-state index in [1.54, 1.807) is 0 Å². The molecule has 1 fully saturated rings. The molecule has 3 atom stereocenters. The molecule has 3 rings (SSSR count). The minimum atomic E-state index is -0.890. The van der Waals surface area contributed by atoms with Crippen molar-refractivity contribution in [1.29, 1.82) is 0 Å². The molecule has 0 bridgehead atoms. The van der Waals surface area contributed by atoms with Crippen molar-refractivity contribution in [2.45, 2.75) is 38.4 Å². The van der Waals surface area contributed by atoms with Crippen LogP contribution in [0.3, 0.4) is 0 Å². The summed E-state index contributed by atoms with van der Waals surface area (Å²) < 4.78 is 5.48. The molecule has 23 heavy (non-hydrogen) atoms. The van der Waals surface area contributed by atoms with Crippen LogP contribution in [-0.2, 0) is 9.53 Å². The van der Waals surface area contributed by atoms with E-state index in [1.807, 2.05) is 60.7 Å². The second-order valence-electron chi connectivity index (χ2n) is 6.15. The van der Waals surface area contributed by atoms with Crippen molar-refractivity contribution < 1.29 is 14.6 Å². The van der Waals surface area contributed by atoms with Gasteiger partial charge in [-0.15, -0.1) is 0 Å². The van der Waals surface area contributed by atoms with Gasteiger partial charge in [0.1, 0.15) is 11.5 Å². The molecule has 2 aromatic carbocycles. The van der Waals surface area contributed by atoms with Gasteiger partial charge in [-0.1, -0.05) is 80.4 Å². The van der Waals surface area contributed by atoms with E-state index in [-0.39, 0.29) is 5.97 Å². The van der Waals surface area contributed by atoms with Crippen LogP contribution in [0.2, 0.25) is 0 Å². The van der Waals surface area contributed by atoms with Gasteiger partial charge in [-0.2, -0.15) is 0 Å². The van der Waals surface area contributed by atoms with Crippen LogP contribution < -0.4 is 0 Å². The van der Waals surface area contributed by atoms with Crippen LogP contribution in [0.25, 0.3) is 0 Å². The third-order valence-electron chi connectivity index (χ3n) is 4.72. The van der Waals surface area contributed by atoms with Gasteiger partial charge in [0, 0.05) is 0 Å². The van der Waals surface area contributed by atoms with Crippen LogP contribution in [0.5, 0.6) is 0 Å². The summed E-state index contributed by atoms with van der Waals surface area (Å²) in [6.45, 7) is 2.09. The molecule has 120 valence electrons. The van der Waals surface area contributed by atoms with E-state index < -0.39 is 17.6 Å². The van der Waals surface area contributed by atoms with E-state index in [1.165, 1.54) is 0 Å². The summed E-state index contributed by atoms with van der Waals surface area (Å²) in [5, 5.41) is 11.0. The minimum Gasteiger partial charge on any atom is -0.456 e. The third-order valence-corrected chi connectivity index (χ3v) is 4.72. The molecule has 3 nitrogen and oxygen atoms in total. The zero-order valence-corrected chi connectivity index (χ0v) is 13.3. The van der Waals surface area contributed by atoms with Crippen LogP contribution in [-0.4, -0.2) is 11.1 Å². The predicted octanol–water partition coefficient (Wildman–Crippen LogP) is 4.19. The maximum Gasteiger partial charge on any atom is 0.319 e. The Hall–Kier alpha value is -2.13. The molecule has 0 amide bonds. The highest BCUT2D eigenvalue weighted by Gasteiger charge is 2.62. The van der Waals surface area contributed by atoms with Crippen LogP contribution in [0.1, 0.15) is 49.5 Å². The number of rotatable bonds is 6. The largest absolute Gasteiger partial charge is 0.456 e. The van der Waals surface area contributed by atoms with E-state index in [2.05, 4.69) is 6.92 Å². The van der Waals surface area contributed by atoms with E-state index in [0.717, 1.165) is 24.0 Å². The summed E-state index contributed by atoms with van der Waals surface area (Å²) in [6.07, 6.45) is 1.22. The molecule has 0 aliphatic carbocycles. The highest BCUT2D eigenvalue weighted by molar-refractivity contribution is 5.84. The predicted molar refractivity (Wildman–Crippen MR) is 88.6 cm³/mol. The first kappa shape index (κ1) is 15.8. The lowest BCUT2D eigenvalue weighted by molar-refractivity contribution is -0.231. The first-order valence-corrected chi connectivity index (χ1v) is 8.19. The lowest BCUT2D eigenvalue weighted by Crippen LogP contribution is -2.54. The monoisotopic (exact) mass is 310 g/mol. The van der Waals surface area contributed by atoms with Gasteiger partial charge < -0.3 is 9.84 Å². The van der Waals surface area contributed by atoms with E-state index >= 15 is 0 Å². The molecule has 0 spiro atoms. The Morgan fingerprint density at radius 2 is 1.70 bits per heavy atom. The Balaban J connectivity index is 2.00. The number of ether oxygens (including phenoxy) is 1. The molecule has 1 N–H and O–H groups in total. The Labute approximate surface area is 136 Å². The SMILES string of the molecule is CCCC[C@]1(C(O)c2ccccc2)C(=O)O[C@@H]1c1ccccc1. The van der Waals surface area contributed by atoms with Gasteiger partial charge in [-0.3, -0.25) is 4.79 Å².